The zero-order valence-corrected chi connectivity index (χ0v) is 17.8. The number of rotatable bonds is 3. The number of halogens is 4. The van der Waals surface area contributed by atoms with Gasteiger partial charge in [0.25, 0.3) is 10.0 Å². The van der Waals surface area contributed by atoms with Crippen molar-refractivity contribution in [1.29, 1.82) is 0 Å². The van der Waals surface area contributed by atoms with Crippen LogP contribution in [-0.2, 0) is 16.2 Å². The molecule has 2 aromatic carbocycles. The van der Waals surface area contributed by atoms with E-state index in [0.717, 1.165) is 16.1 Å². The third-order valence-corrected chi connectivity index (χ3v) is 6.71. The van der Waals surface area contributed by atoms with Crippen LogP contribution in [0.3, 0.4) is 0 Å². The lowest BCUT2D eigenvalue weighted by atomic mass is 10.1. The second-order valence-electron chi connectivity index (χ2n) is 6.49. The molecule has 5 nitrogen and oxygen atoms in total. The van der Waals surface area contributed by atoms with Gasteiger partial charge in [0.1, 0.15) is 5.82 Å². The van der Waals surface area contributed by atoms with Crippen LogP contribution in [-0.4, -0.2) is 22.4 Å². The molecule has 0 fully saturated rings. The van der Waals surface area contributed by atoms with Crippen molar-refractivity contribution in [3.63, 3.8) is 0 Å². The molecule has 0 aliphatic heterocycles. The fourth-order valence-electron chi connectivity index (χ4n) is 3.11. The zero-order chi connectivity index (χ0) is 21.7. The Labute approximate surface area is 178 Å². The van der Waals surface area contributed by atoms with Gasteiger partial charge < -0.3 is 0 Å². The molecule has 0 spiro atoms. The fourth-order valence-corrected chi connectivity index (χ4v) is 5.14. The Morgan fingerprint density at radius 2 is 1.70 bits per heavy atom. The molecule has 0 saturated carbocycles. The van der Waals surface area contributed by atoms with Crippen LogP contribution in [0, 0.1) is 6.92 Å². The Hall–Kier alpha value is -2.72. The predicted octanol–water partition coefficient (Wildman–Crippen LogP) is 5.43. The summed E-state index contributed by atoms with van der Waals surface area (Å²) in [6.45, 7) is 1.55. The van der Waals surface area contributed by atoms with Gasteiger partial charge in [-0.1, -0.05) is 30.3 Å². The van der Waals surface area contributed by atoms with E-state index in [4.69, 9.17) is 0 Å². The third-order valence-electron chi connectivity index (χ3n) is 4.44. The van der Waals surface area contributed by atoms with E-state index < -0.39 is 21.8 Å². The third kappa shape index (κ3) is 3.50. The Bertz CT molecular complexity index is 1370. The van der Waals surface area contributed by atoms with E-state index in [1.165, 1.54) is 30.5 Å². The predicted molar refractivity (Wildman–Crippen MR) is 109 cm³/mol. The highest BCUT2D eigenvalue weighted by atomic mass is 79.9. The molecule has 0 radical (unpaired) electrons. The molecule has 2 heterocycles. The van der Waals surface area contributed by atoms with E-state index in [-0.39, 0.29) is 27.6 Å². The summed E-state index contributed by atoms with van der Waals surface area (Å²) < 4.78 is 67.2. The molecule has 4 aromatic rings. The lowest BCUT2D eigenvalue weighted by Gasteiger charge is -2.11. The van der Waals surface area contributed by atoms with Gasteiger partial charge >= 0.3 is 6.18 Å². The standard InChI is InChI=1S/C20H13BrF3N3O2S/c1-12-25-18(13-6-5-7-14(10-13)20(22,23)24)17-16(21)11-27(19(17)26-12)30(28,29)15-8-3-2-4-9-15/h2-11H,1H3. The summed E-state index contributed by atoms with van der Waals surface area (Å²) in [5, 5.41) is 0.305. The number of fused-ring (bicyclic) bond motifs is 1. The first-order chi connectivity index (χ1) is 14.1. The highest BCUT2D eigenvalue weighted by Crippen LogP contribution is 2.37. The van der Waals surface area contributed by atoms with E-state index in [1.807, 2.05) is 0 Å². The fraction of sp³-hybridized carbons (Fsp3) is 0.100. The van der Waals surface area contributed by atoms with Crippen LogP contribution in [0.2, 0.25) is 0 Å². The van der Waals surface area contributed by atoms with Crippen molar-refractivity contribution in [2.45, 2.75) is 18.0 Å². The summed E-state index contributed by atoms with van der Waals surface area (Å²) in [7, 11) is -3.98. The van der Waals surface area contributed by atoms with Crippen molar-refractivity contribution in [3.8, 4) is 11.3 Å². The van der Waals surface area contributed by atoms with E-state index in [2.05, 4.69) is 25.9 Å². The molecule has 4 rings (SSSR count). The Kier molecular flexibility index (Phi) is 4.94. The molecule has 0 saturated heterocycles. The van der Waals surface area contributed by atoms with Crippen LogP contribution in [0.5, 0.6) is 0 Å². The number of hydrogen-bond donors (Lipinski definition) is 0. The first-order valence-electron chi connectivity index (χ1n) is 8.62. The number of hydrogen-bond acceptors (Lipinski definition) is 4. The van der Waals surface area contributed by atoms with Crippen LogP contribution >= 0.6 is 15.9 Å². The van der Waals surface area contributed by atoms with Crippen molar-refractivity contribution in [2.75, 3.05) is 0 Å². The lowest BCUT2D eigenvalue weighted by molar-refractivity contribution is -0.137. The topological polar surface area (TPSA) is 64.8 Å². The minimum Gasteiger partial charge on any atom is -0.232 e. The molecule has 0 N–H and O–H groups in total. The first-order valence-corrected chi connectivity index (χ1v) is 10.9. The smallest absolute Gasteiger partial charge is 0.232 e. The summed E-state index contributed by atoms with van der Waals surface area (Å²) in [5.74, 6) is 0.227. The second-order valence-corrected chi connectivity index (χ2v) is 9.16. The van der Waals surface area contributed by atoms with Gasteiger partial charge in [-0.05, 0) is 47.1 Å². The summed E-state index contributed by atoms with van der Waals surface area (Å²) in [5.41, 5.74) is -0.337. The first kappa shape index (κ1) is 20.5. The van der Waals surface area contributed by atoms with Crippen molar-refractivity contribution in [2.24, 2.45) is 0 Å². The van der Waals surface area contributed by atoms with Crippen LogP contribution in [0.1, 0.15) is 11.4 Å². The Morgan fingerprint density at radius 3 is 2.37 bits per heavy atom. The zero-order valence-electron chi connectivity index (χ0n) is 15.4. The Balaban J connectivity index is 2.00. The van der Waals surface area contributed by atoms with Crippen molar-refractivity contribution < 1.29 is 21.6 Å². The van der Waals surface area contributed by atoms with E-state index in [9.17, 15) is 21.6 Å². The van der Waals surface area contributed by atoms with Gasteiger partial charge in [-0.3, -0.25) is 0 Å². The van der Waals surface area contributed by atoms with Crippen molar-refractivity contribution in [1.82, 2.24) is 13.9 Å². The Morgan fingerprint density at radius 1 is 1.00 bits per heavy atom. The largest absolute Gasteiger partial charge is 0.416 e. The van der Waals surface area contributed by atoms with E-state index in [1.54, 1.807) is 25.1 Å². The molecule has 0 aliphatic carbocycles. The molecule has 30 heavy (non-hydrogen) atoms. The number of aromatic nitrogens is 3. The normalized spacial score (nSPS) is 12.4. The van der Waals surface area contributed by atoms with Gasteiger partial charge in [-0.2, -0.15) is 13.2 Å². The molecule has 0 unspecified atom stereocenters. The van der Waals surface area contributed by atoms with Crippen molar-refractivity contribution >= 4 is 37.0 Å². The maximum Gasteiger partial charge on any atom is 0.416 e. The van der Waals surface area contributed by atoms with Crippen molar-refractivity contribution in [3.05, 3.63) is 76.7 Å². The molecule has 154 valence electrons. The van der Waals surface area contributed by atoms with Gasteiger partial charge in [-0.15, -0.1) is 0 Å². The monoisotopic (exact) mass is 495 g/mol. The van der Waals surface area contributed by atoms with Gasteiger partial charge in [-0.25, -0.2) is 22.4 Å². The summed E-state index contributed by atoms with van der Waals surface area (Å²) in [6, 6.07) is 12.5. The molecule has 0 amide bonds. The molecule has 0 aliphatic rings. The molecular weight excluding hydrogens is 483 g/mol. The minimum atomic E-state index is -4.52. The van der Waals surface area contributed by atoms with Gasteiger partial charge in [0.15, 0.2) is 5.65 Å². The van der Waals surface area contributed by atoms with E-state index in [0.29, 0.717) is 9.86 Å². The molecule has 10 heteroatoms. The average Bonchev–Trinajstić information content (AvgIpc) is 3.04. The average molecular weight is 496 g/mol. The van der Waals surface area contributed by atoms with Gasteiger partial charge in [0, 0.05) is 16.2 Å². The summed E-state index contributed by atoms with van der Waals surface area (Å²) in [4.78, 5) is 8.63. The number of benzene rings is 2. The van der Waals surface area contributed by atoms with Crippen LogP contribution < -0.4 is 0 Å². The minimum absolute atomic E-state index is 0.0614. The summed E-state index contributed by atoms with van der Waals surface area (Å²) in [6.07, 6.45) is -3.19. The molecule has 0 atom stereocenters. The quantitative estimate of drug-likeness (QED) is 0.380. The molecule has 2 aromatic heterocycles. The number of aryl methyl sites for hydroxylation is 1. The SMILES string of the molecule is Cc1nc(-c2cccc(C(F)(F)F)c2)c2c(Br)cn(S(=O)(=O)c3ccccc3)c2n1. The maximum atomic E-state index is 13.2. The van der Waals surface area contributed by atoms with E-state index >= 15 is 0 Å². The lowest BCUT2D eigenvalue weighted by Crippen LogP contribution is -2.13. The number of nitrogens with zero attached hydrogens (tertiary/aromatic N) is 3. The van der Waals surface area contributed by atoms with Gasteiger partial charge in [0.05, 0.1) is 21.5 Å². The maximum absolute atomic E-state index is 13.2. The summed E-state index contributed by atoms with van der Waals surface area (Å²) >= 11 is 3.33. The molecule has 0 bridgehead atoms. The number of alkyl halides is 3. The second kappa shape index (κ2) is 7.21. The molecular formula is C20H13BrF3N3O2S. The van der Waals surface area contributed by atoms with Gasteiger partial charge in [0.2, 0.25) is 0 Å². The van der Waals surface area contributed by atoms with Crippen LogP contribution in [0.15, 0.2) is 70.2 Å². The van der Waals surface area contributed by atoms with Crippen LogP contribution in [0.25, 0.3) is 22.3 Å². The highest BCUT2D eigenvalue weighted by Gasteiger charge is 2.31. The highest BCUT2D eigenvalue weighted by molar-refractivity contribution is 9.10. The van der Waals surface area contributed by atoms with Crippen LogP contribution in [0.4, 0.5) is 13.2 Å².